The lowest BCUT2D eigenvalue weighted by Gasteiger charge is -2.14. The van der Waals surface area contributed by atoms with E-state index in [9.17, 15) is 0 Å². The average Bonchev–Trinajstić information content (AvgIpc) is 2.61. The smallest absolute Gasteiger partial charge is 0.146 e. The van der Waals surface area contributed by atoms with Crippen molar-refractivity contribution < 1.29 is 0 Å². The van der Waals surface area contributed by atoms with Crippen LogP contribution in [0.3, 0.4) is 0 Å². The number of rotatable bonds is 2. The second-order valence-electron chi connectivity index (χ2n) is 3.56. The van der Waals surface area contributed by atoms with Gasteiger partial charge in [0.2, 0.25) is 0 Å². The summed E-state index contributed by atoms with van der Waals surface area (Å²) in [6.45, 7) is 0. The van der Waals surface area contributed by atoms with E-state index >= 15 is 0 Å². The van der Waals surface area contributed by atoms with Crippen LogP contribution in [0, 0.1) is 0 Å². The van der Waals surface area contributed by atoms with E-state index in [4.69, 9.17) is 5.73 Å². The molecule has 0 radical (unpaired) electrons. The van der Waals surface area contributed by atoms with Gasteiger partial charge in [-0.25, -0.2) is 4.98 Å². The minimum atomic E-state index is 0.603. The van der Waals surface area contributed by atoms with Gasteiger partial charge in [-0.05, 0) is 25.0 Å². The van der Waals surface area contributed by atoms with Gasteiger partial charge in [-0.3, -0.25) is 0 Å². The molecule has 1 fully saturated rings. The molecule has 13 heavy (non-hydrogen) atoms. The molecule has 1 aromatic heterocycles. The van der Waals surface area contributed by atoms with Gasteiger partial charge >= 0.3 is 0 Å². The van der Waals surface area contributed by atoms with E-state index in [2.05, 4.69) is 10.3 Å². The molecule has 3 nitrogen and oxygen atoms in total. The van der Waals surface area contributed by atoms with E-state index in [0.29, 0.717) is 11.9 Å². The highest BCUT2D eigenvalue weighted by atomic mass is 15.0. The number of hydrogen-bond donors (Lipinski definition) is 2. The minimum absolute atomic E-state index is 0.603. The maximum atomic E-state index is 5.73. The molecule has 0 bridgehead atoms. The lowest BCUT2D eigenvalue weighted by molar-refractivity contribution is 0.755. The summed E-state index contributed by atoms with van der Waals surface area (Å²) in [4.78, 5) is 4.04. The Morgan fingerprint density at radius 1 is 1.38 bits per heavy atom. The maximum absolute atomic E-state index is 5.73. The van der Waals surface area contributed by atoms with Crippen molar-refractivity contribution in [2.75, 3.05) is 11.1 Å². The van der Waals surface area contributed by atoms with Crippen LogP contribution < -0.4 is 11.1 Å². The molecule has 1 aliphatic rings. The molecule has 0 amide bonds. The van der Waals surface area contributed by atoms with Crippen LogP contribution in [0.5, 0.6) is 0 Å². The van der Waals surface area contributed by atoms with Crippen molar-refractivity contribution in [1.29, 1.82) is 0 Å². The Labute approximate surface area is 78.4 Å². The zero-order chi connectivity index (χ0) is 9.10. The molecule has 0 unspecified atom stereocenters. The largest absolute Gasteiger partial charge is 0.382 e. The molecule has 3 heteroatoms. The Morgan fingerprint density at radius 2 is 2.15 bits per heavy atom. The lowest BCUT2D eigenvalue weighted by Crippen LogP contribution is -2.15. The van der Waals surface area contributed by atoms with Gasteiger partial charge < -0.3 is 11.1 Å². The highest BCUT2D eigenvalue weighted by Gasteiger charge is 2.15. The first-order chi connectivity index (χ1) is 6.36. The van der Waals surface area contributed by atoms with Crippen molar-refractivity contribution >= 4 is 11.5 Å². The van der Waals surface area contributed by atoms with E-state index in [1.54, 1.807) is 6.20 Å². The number of anilines is 2. The first-order valence-electron chi connectivity index (χ1n) is 4.83. The van der Waals surface area contributed by atoms with Crippen LogP contribution in [0.2, 0.25) is 0 Å². The van der Waals surface area contributed by atoms with E-state index in [1.165, 1.54) is 25.7 Å². The predicted octanol–water partition coefficient (Wildman–Crippen LogP) is 2.02. The molecular weight excluding hydrogens is 162 g/mol. The number of nitrogens with zero attached hydrogens (tertiary/aromatic N) is 1. The van der Waals surface area contributed by atoms with E-state index < -0.39 is 0 Å². The van der Waals surface area contributed by atoms with E-state index in [0.717, 1.165) is 5.69 Å². The van der Waals surface area contributed by atoms with Crippen LogP contribution in [-0.2, 0) is 0 Å². The van der Waals surface area contributed by atoms with Crippen molar-refractivity contribution in [3.63, 3.8) is 0 Å². The van der Waals surface area contributed by atoms with Crippen molar-refractivity contribution in [2.45, 2.75) is 31.7 Å². The molecule has 3 N–H and O–H groups in total. The summed E-state index contributed by atoms with van der Waals surface area (Å²) >= 11 is 0. The second-order valence-corrected chi connectivity index (χ2v) is 3.56. The molecule has 1 saturated carbocycles. The number of pyridine rings is 1. The Morgan fingerprint density at radius 3 is 2.85 bits per heavy atom. The van der Waals surface area contributed by atoms with Gasteiger partial charge in [0.1, 0.15) is 5.82 Å². The molecule has 2 rings (SSSR count). The molecule has 0 spiro atoms. The van der Waals surface area contributed by atoms with Crippen LogP contribution in [0.25, 0.3) is 0 Å². The number of nitrogens with two attached hydrogens (primary N) is 1. The Kier molecular flexibility index (Phi) is 2.34. The highest BCUT2D eigenvalue weighted by Crippen LogP contribution is 2.24. The Balaban J connectivity index is 2.04. The lowest BCUT2D eigenvalue weighted by atomic mass is 10.2. The molecule has 70 valence electrons. The number of hydrogen-bond acceptors (Lipinski definition) is 3. The Bertz CT molecular complexity index is 279. The number of nitrogens with one attached hydrogen (secondary N) is 1. The van der Waals surface area contributed by atoms with Gasteiger partial charge in [0.05, 0.1) is 5.69 Å². The summed E-state index contributed by atoms with van der Waals surface area (Å²) in [6, 6.07) is 4.50. The summed E-state index contributed by atoms with van der Waals surface area (Å²) in [5.74, 6) is 0.606. The fourth-order valence-electron chi connectivity index (χ4n) is 1.83. The normalized spacial score (nSPS) is 17.5. The fraction of sp³-hybridized carbons (Fsp3) is 0.500. The summed E-state index contributed by atoms with van der Waals surface area (Å²) in [6.07, 6.45) is 6.90. The quantitative estimate of drug-likeness (QED) is 0.726. The first kappa shape index (κ1) is 8.35. The van der Waals surface area contributed by atoms with E-state index in [1.807, 2.05) is 12.1 Å². The molecular formula is C10H15N3. The molecule has 1 aromatic rings. The maximum Gasteiger partial charge on any atom is 0.146 e. The third-order valence-corrected chi connectivity index (χ3v) is 2.55. The zero-order valence-corrected chi connectivity index (χ0v) is 7.66. The van der Waals surface area contributed by atoms with Crippen LogP contribution in [0.4, 0.5) is 11.5 Å². The Hall–Kier alpha value is -1.25. The fourth-order valence-corrected chi connectivity index (χ4v) is 1.83. The topological polar surface area (TPSA) is 50.9 Å². The summed E-state index contributed by atoms with van der Waals surface area (Å²) < 4.78 is 0. The highest BCUT2D eigenvalue weighted by molar-refractivity contribution is 5.61. The third-order valence-electron chi connectivity index (χ3n) is 2.55. The summed E-state index contributed by atoms with van der Waals surface area (Å²) in [7, 11) is 0. The van der Waals surface area contributed by atoms with Gasteiger partial charge in [-0.1, -0.05) is 12.8 Å². The molecule has 1 heterocycles. The average molecular weight is 177 g/mol. The van der Waals surface area contributed by atoms with Crippen molar-refractivity contribution in [3.8, 4) is 0 Å². The predicted molar refractivity (Wildman–Crippen MR) is 54.5 cm³/mol. The second kappa shape index (κ2) is 3.64. The molecule has 0 aromatic carbocycles. The number of nitrogen functional groups attached to an aromatic ring is 1. The van der Waals surface area contributed by atoms with Gasteiger partial charge in [-0.2, -0.15) is 0 Å². The van der Waals surface area contributed by atoms with E-state index in [-0.39, 0.29) is 0 Å². The van der Waals surface area contributed by atoms with Gasteiger partial charge in [-0.15, -0.1) is 0 Å². The molecule has 1 aliphatic carbocycles. The van der Waals surface area contributed by atoms with Gasteiger partial charge in [0.15, 0.2) is 0 Å². The monoisotopic (exact) mass is 177 g/mol. The SMILES string of the molecule is Nc1ncccc1NC1CCCC1. The third kappa shape index (κ3) is 1.91. The molecule has 0 saturated heterocycles. The van der Waals surface area contributed by atoms with Crippen molar-refractivity contribution in [2.24, 2.45) is 0 Å². The van der Waals surface area contributed by atoms with Crippen LogP contribution in [0.15, 0.2) is 18.3 Å². The first-order valence-corrected chi connectivity index (χ1v) is 4.83. The minimum Gasteiger partial charge on any atom is -0.382 e. The number of aromatic nitrogens is 1. The molecule has 0 atom stereocenters. The van der Waals surface area contributed by atoms with Crippen LogP contribution >= 0.6 is 0 Å². The standard InChI is InChI=1S/C10H15N3/c11-10-9(6-3-7-12-10)13-8-4-1-2-5-8/h3,6-8,13H,1-2,4-5H2,(H2,11,12). The van der Waals surface area contributed by atoms with Crippen LogP contribution in [-0.4, -0.2) is 11.0 Å². The van der Waals surface area contributed by atoms with Crippen molar-refractivity contribution in [1.82, 2.24) is 4.98 Å². The molecule has 0 aliphatic heterocycles. The van der Waals surface area contributed by atoms with Gasteiger partial charge in [0.25, 0.3) is 0 Å². The van der Waals surface area contributed by atoms with Gasteiger partial charge in [0, 0.05) is 12.2 Å². The van der Waals surface area contributed by atoms with Crippen LogP contribution in [0.1, 0.15) is 25.7 Å². The summed E-state index contributed by atoms with van der Waals surface area (Å²) in [5, 5.41) is 3.42. The zero-order valence-electron chi connectivity index (χ0n) is 7.66. The van der Waals surface area contributed by atoms with Crippen molar-refractivity contribution in [3.05, 3.63) is 18.3 Å². The summed E-state index contributed by atoms with van der Waals surface area (Å²) in [5.41, 5.74) is 6.71.